The molecule has 6 heteroatoms. The molecule has 1 rings (SSSR count). The van der Waals surface area contributed by atoms with E-state index in [4.69, 9.17) is 0 Å². The van der Waals surface area contributed by atoms with Crippen LogP contribution in [0.4, 0.5) is 8.78 Å². The van der Waals surface area contributed by atoms with Crippen LogP contribution in [0, 0.1) is 0 Å². The van der Waals surface area contributed by atoms with Crippen molar-refractivity contribution in [1.29, 1.82) is 0 Å². The van der Waals surface area contributed by atoms with Gasteiger partial charge in [0.1, 0.15) is 0 Å². The molecule has 1 heterocycles. The van der Waals surface area contributed by atoms with Crippen LogP contribution < -0.4 is 0 Å². The van der Waals surface area contributed by atoms with E-state index < -0.39 is 23.5 Å². The number of carbonyl (C=O) groups is 2. The minimum atomic E-state index is -3.59. The van der Waals surface area contributed by atoms with Crippen LogP contribution in [0.25, 0.3) is 0 Å². The lowest BCUT2D eigenvalue weighted by Crippen LogP contribution is -2.41. The van der Waals surface area contributed by atoms with Gasteiger partial charge in [-0.05, 0) is 6.92 Å². The standard InChI is InChI=1S/C8H10F2O4/c1-7(3-4-13-5(7)11)14-6(12)8(2,9)10/h3-4H2,1-2H3. The summed E-state index contributed by atoms with van der Waals surface area (Å²) in [5.74, 6) is -6.08. The molecule has 0 aliphatic carbocycles. The summed E-state index contributed by atoms with van der Waals surface area (Å²) in [6.07, 6.45) is 0.105. The highest BCUT2D eigenvalue weighted by Crippen LogP contribution is 2.27. The minimum absolute atomic E-state index is 0.0812. The zero-order chi connectivity index (χ0) is 11.0. The maximum atomic E-state index is 12.4. The zero-order valence-corrected chi connectivity index (χ0v) is 7.80. The van der Waals surface area contributed by atoms with Gasteiger partial charge in [-0.2, -0.15) is 8.78 Å². The molecular weight excluding hydrogens is 198 g/mol. The fourth-order valence-electron chi connectivity index (χ4n) is 0.980. The molecule has 0 spiro atoms. The van der Waals surface area contributed by atoms with E-state index in [0.717, 1.165) is 0 Å². The average Bonchev–Trinajstić information content (AvgIpc) is 2.30. The molecule has 0 aromatic rings. The van der Waals surface area contributed by atoms with Gasteiger partial charge in [0.15, 0.2) is 0 Å². The largest absolute Gasteiger partial charge is 0.463 e. The first-order valence-corrected chi connectivity index (χ1v) is 4.04. The van der Waals surface area contributed by atoms with E-state index in [1.807, 2.05) is 0 Å². The number of hydrogen-bond acceptors (Lipinski definition) is 4. The zero-order valence-electron chi connectivity index (χ0n) is 7.80. The van der Waals surface area contributed by atoms with Crippen LogP contribution in [0.5, 0.6) is 0 Å². The number of halogens is 2. The van der Waals surface area contributed by atoms with Crippen molar-refractivity contribution in [2.24, 2.45) is 0 Å². The van der Waals surface area contributed by atoms with E-state index in [1.165, 1.54) is 6.92 Å². The summed E-state index contributed by atoms with van der Waals surface area (Å²) in [7, 11) is 0. The van der Waals surface area contributed by atoms with Crippen molar-refractivity contribution in [3.63, 3.8) is 0 Å². The summed E-state index contributed by atoms with van der Waals surface area (Å²) in [5.41, 5.74) is -1.56. The first kappa shape index (κ1) is 10.9. The summed E-state index contributed by atoms with van der Waals surface area (Å²) in [6.45, 7) is 1.75. The molecule has 80 valence electrons. The van der Waals surface area contributed by atoms with E-state index in [-0.39, 0.29) is 13.0 Å². The van der Waals surface area contributed by atoms with Crippen molar-refractivity contribution < 1.29 is 27.8 Å². The van der Waals surface area contributed by atoms with Gasteiger partial charge in [-0.3, -0.25) is 0 Å². The maximum absolute atomic E-state index is 12.4. The van der Waals surface area contributed by atoms with Crippen LogP contribution in [-0.4, -0.2) is 30.1 Å². The molecule has 0 aromatic carbocycles. The lowest BCUT2D eigenvalue weighted by atomic mass is 10.1. The van der Waals surface area contributed by atoms with E-state index in [9.17, 15) is 18.4 Å². The summed E-state index contributed by atoms with van der Waals surface area (Å²) >= 11 is 0. The Balaban J connectivity index is 2.69. The van der Waals surface area contributed by atoms with Crippen LogP contribution in [0.15, 0.2) is 0 Å². The molecule has 1 aliphatic rings. The lowest BCUT2D eigenvalue weighted by Gasteiger charge is -2.21. The lowest BCUT2D eigenvalue weighted by molar-refractivity contribution is -0.188. The molecule has 0 radical (unpaired) electrons. The molecule has 0 aromatic heterocycles. The number of carbonyl (C=O) groups excluding carboxylic acids is 2. The second kappa shape index (κ2) is 3.18. The molecule has 1 saturated heterocycles. The van der Waals surface area contributed by atoms with Crippen molar-refractivity contribution in [2.45, 2.75) is 31.8 Å². The quantitative estimate of drug-likeness (QED) is 0.632. The van der Waals surface area contributed by atoms with Gasteiger partial charge < -0.3 is 9.47 Å². The second-order valence-electron chi connectivity index (χ2n) is 3.39. The minimum Gasteiger partial charge on any atom is -0.463 e. The monoisotopic (exact) mass is 208 g/mol. The van der Waals surface area contributed by atoms with Crippen molar-refractivity contribution in [3.8, 4) is 0 Å². The van der Waals surface area contributed by atoms with Gasteiger partial charge in [0.2, 0.25) is 5.60 Å². The second-order valence-corrected chi connectivity index (χ2v) is 3.39. The third kappa shape index (κ3) is 2.00. The summed E-state index contributed by atoms with van der Waals surface area (Å²) in [5, 5.41) is 0. The van der Waals surface area contributed by atoms with Gasteiger partial charge in [-0.25, -0.2) is 9.59 Å². The Kier molecular flexibility index (Phi) is 2.47. The Morgan fingerprint density at radius 2 is 2.21 bits per heavy atom. The number of alkyl halides is 2. The Morgan fingerprint density at radius 3 is 2.57 bits per heavy atom. The Hall–Kier alpha value is -1.20. The number of cyclic esters (lactones) is 1. The first-order valence-electron chi connectivity index (χ1n) is 4.04. The van der Waals surface area contributed by atoms with Crippen LogP contribution >= 0.6 is 0 Å². The molecule has 4 nitrogen and oxygen atoms in total. The average molecular weight is 208 g/mol. The highest BCUT2D eigenvalue weighted by Gasteiger charge is 2.48. The molecule has 0 amide bonds. The Morgan fingerprint density at radius 1 is 1.64 bits per heavy atom. The van der Waals surface area contributed by atoms with E-state index in [0.29, 0.717) is 6.92 Å². The normalized spacial score (nSPS) is 27.3. The smallest absolute Gasteiger partial charge is 0.377 e. The molecule has 0 saturated carbocycles. The van der Waals surface area contributed by atoms with Gasteiger partial charge in [-0.15, -0.1) is 0 Å². The maximum Gasteiger partial charge on any atom is 0.377 e. The van der Waals surface area contributed by atoms with Crippen LogP contribution in [0.2, 0.25) is 0 Å². The van der Waals surface area contributed by atoms with Gasteiger partial charge in [-0.1, -0.05) is 0 Å². The van der Waals surface area contributed by atoms with Crippen LogP contribution in [-0.2, 0) is 19.1 Å². The fraction of sp³-hybridized carbons (Fsp3) is 0.750. The van der Waals surface area contributed by atoms with Crippen molar-refractivity contribution >= 4 is 11.9 Å². The van der Waals surface area contributed by atoms with Crippen LogP contribution in [0.3, 0.4) is 0 Å². The Labute approximate surface area is 79.2 Å². The summed E-state index contributed by atoms with van der Waals surface area (Å²) in [6, 6.07) is 0. The van der Waals surface area contributed by atoms with Crippen molar-refractivity contribution in [3.05, 3.63) is 0 Å². The van der Waals surface area contributed by atoms with Gasteiger partial charge in [0, 0.05) is 13.3 Å². The topological polar surface area (TPSA) is 52.6 Å². The van der Waals surface area contributed by atoms with Gasteiger partial charge in [0.25, 0.3) is 0 Å². The van der Waals surface area contributed by atoms with Gasteiger partial charge in [0.05, 0.1) is 6.61 Å². The number of hydrogen-bond donors (Lipinski definition) is 0. The van der Waals surface area contributed by atoms with E-state index in [2.05, 4.69) is 9.47 Å². The number of esters is 2. The van der Waals surface area contributed by atoms with Gasteiger partial charge >= 0.3 is 17.9 Å². The summed E-state index contributed by atoms with van der Waals surface area (Å²) in [4.78, 5) is 21.8. The molecule has 1 atom stereocenters. The molecule has 1 fully saturated rings. The third-order valence-corrected chi connectivity index (χ3v) is 1.92. The molecule has 0 bridgehead atoms. The number of rotatable bonds is 2. The van der Waals surface area contributed by atoms with E-state index >= 15 is 0 Å². The predicted octanol–water partition coefficient (Wildman–Crippen LogP) is 0.890. The summed E-state index contributed by atoms with van der Waals surface area (Å²) < 4.78 is 33.8. The molecular formula is C8H10F2O4. The highest BCUT2D eigenvalue weighted by atomic mass is 19.3. The SMILES string of the molecule is CC(F)(F)C(=O)OC1(C)CCOC1=O. The third-order valence-electron chi connectivity index (χ3n) is 1.92. The molecule has 0 N–H and O–H groups in total. The molecule has 1 unspecified atom stereocenters. The fourth-order valence-corrected chi connectivity index (χ4v) is 0.980. The number of ether oxygens (including phenoxy) is 2. The highest BCUT2D eigenvalue weighted by molar-refractivity contribution is 5.86. The van der Waals surface area contributed by atoms with Crippen molar-refractivity contribution in [2.75, 3.05) is 6.61 Å². The predicted molar refractivity (Wildman–Crippen MR) is 40.7 cm³/mol. The van der Waals surface area contributed by atoms with Crippen LogP contribution in [0.1, 0.15) is 20.3 Å². The van der Waals surface area contributed by atoms with E-state index in [1.54, 1.807) is 0 Å². The Bertz CT molecular complexity index is 271. The molecule has 14 heavy (non-hydrogen) atoms. The molecule has 1 aliphatic heterocycles. The van der Waals surface area contributed by atoms with Crippen molar-refractivity contribution in [1.82, 2.24) is 0 Å². The first-order chi connectivity index (χ1) is 6.26.